The minimum atomic E-state index is -4.58. The highest BCUT2D eigenvalue weighted by molar-refractivity contribution is 7.98. The van der Waals surface area contributed by atoms with Gasteiger partial charge in [-0.25, -0.2) is 8.78 Å². The average molecular weight is 748 g/mol. The monoisotopic (exact) mass is 747 g/mol. The van der Waals surface area contributed by atoms with Gasteiger partial charge in [0.1, 0.15) is 6.54 Å². The molecule has 12 heteroatoms. The van der Waals surface area contributed by atoms with Crippen molar-refractivity contribution in [2.75, 3.05) is 33.2 Å². The molecule has 4 aromatic carbocycles. The number of halogens is 5. The van der Waals surface area contributed by atoms with Crippen LogP contribution in [0.15, 0.2) is 107 Å². The van der Waals surface area contributed by atoms with Crippen LogP contribution in [0.3, 0.4) is 0 Å². The number of pyridine rings is 1. The van der Waals surface area contributed by atoms with Gasteiger partial charge in [-0.2, -0.15) is 13.2 Å². The van der Waals surface area contributed by atoms with Gasteiger partial charge in [0.05, 0.1) is 39.1 Å². The van der Waals surface area contributed by atoms with Crippen LogP contribution >= 0.6 is 11.8 Å². The Morgan fingerprint density at radius 2 is 1.71 bits per heavy atom. The van der Waals surface area contributed by atoms with Crippen molar-refractivity contribution < 1.29 is 47.9 Å². The number of fused-ring (bicyclic) bond motifs is 1. The van der Waals surface area contributed by atoms with Gasteiger partial charge in [-0.05, 0) is 59.8 Å². The zero-order valence-corrected chi connectivity index (χ0v) is 28.1. The van der Waals surface area contributed by atoms with Crippen molar-refractivity contribution in [1.29, 1.82) is 0 Å². The number of hydrogen-bond acceptors (Lipinski definition) is 5. The lowest BCUT2D eigenvalue weighted by Gasteiger charge is -2.39. The summed E-state index contributed by atoms with van der Waals surface area (Å²) in [6.45, 7) is -6.80. The van der Waals surface area contributed by atoms with E-state index in [1.165, 1.54) is 53.4 Å². The summed E-state index contributed by atoms with van der Waals surface area (Å²) >= 11 is 0.603. The first-order valence-corrected chi connectivity index (χ1v) is 16.9. The van der Waals surface area contributed by atoms with E-state index in [2.05, 4.69) is 4.74 Å². The number of piperidine rings is 1. The third kappa shape index (κ3) is 8.74. The van der Waals surface area contributed by atoms with Crippen LogP contribution < -0.4 is 5.43 Å². The van der Waals surface area contributed by atoms with Gasteiger partial charge in [-0.3, -0.25) is 9.59 Å². The normalized spacial score (nSPS) is 18.3. The lowest BCUT2D eigenvalue weighted by molar-refractivity contribution is -0.137. The van der Waals surface area contributed by atoms with Crippen molar-refractivity contribution in [3.63, 3.8) is 0 Å². The molecule has 0 spiro atoms. The Hall–Kier alpha value is -4.52. The number of methoxy groups -OCH3 is 1. The summed E-state index contributed by atoms with van der Waals surface area (Å²) in [5, 5.41) is -1.03. The molecule has 1 aliphatic heterocycles. The first kappa shape index (κ1) is 24.7. The fourth-order valence-corrected chi connectivity index (χ4v) is 6.82. The molecule has 0 atom stereocenters. The van der Waals surface area contributed by atoms with Crippen molar-refractivity contribution in [1.82, 2.24) is 14.4 Å². The van der Waals surface area contributed by atoms with E-state index < -0.39 is 121 Å². The molecular formula is C40H38F5N3O3S. The number of alkyl halides is 3. The molecule has 0 saturated carbocycles. The van der Waals surface area contributed by atoms with Gasteiger partial charge in [0, 0.05) is 62.0 Å². The first-order valence-electron chi connectivity index (χ1n) is 21.9. The number of nitrogens with zero attached hydrogens (tertiary/aromatic N) is 3. The first-order chi connectivity index (χ1) is 29.7. The Morgan fingerprint density at radius 1 is 1.02 bits per heavy atom. The average Bonchev–Trinajstić information content (AvgIpc) is 3.21. The Labute approximate surface area is 319 Å². The van der Waals surface area contributed by atoms with E-state index in [1.54, 1.807) is 0 Å². The smallest absolute Gasteiger partial charge is 0.383 e. The number of aromatic nitrogens is 1. The molecule has 1 fully saturated rings. The zero-order chi connectivity index (χ0) is 47.3. The van der Waals surface area contributed by atoms with Crippen molar-refractivity contribution in [3.05, 3.63) is 135 Å². The van der Waals surface area contributed by atoms with Crippen molar-refractivity contribution in [2.45, 2.75) is 48.9 Å². The van der Waals surface area contributed by atoms with E-state index in [9.17, 15) is 34.3 Å². The number of benzene rings is 4. The Balaban J connectivity index is 1.44. The molecule has 1 saturated heterocycles. The summed E-state index contributed by atoms with van der Waals surface area (Å²) in [6.07, 6.45) is -4.62. The van der Waals surface area contributed by atoms with Gasteiger partial charge >= 0.3 is 6.18 Å². The van der Waals surface area contributed by atoms with Gasteiger partial charge in [0.2, 0.25) is 5.91 Å². The quantitative estimate of drug-likeness (QED) is 0.0949. The van der Waals surface area contributed by atoms with Gasteiger partial charge in [0.25, 0.3) is 0 Å². The van der Waals surface area contributed by atoms with Crippen LogP contribution in [0.25, 0.3) is 22.0 Å². The van der Waals surface area contributed by atoms with E-state index in [-0.39, 0.29) is 42.1 Å². The topological polar surface area (TPSA) is 54.8 Å². The standard InChI is InChI=1S/C40H38F5N3O3S/c1-51-22-21-46-19-17-32(18-20-46)47(24-27-9-11-28(12-10-27)29-13-15-31(16-14-29)40(43,44)45)37(50)25-48-35-8-3-2-6-33(35)36(49)23-38(48)52-26-30-5-4-7-34(41)39(30)42/h2-16,23,32H,17-22,24-26H2,1H3/i1D3,2D,3D,6D,8D,22D2,23D,24D2. The molecule has 6 nitrogen and oxygen atoms in total. The summed E-state index contributed by atoms with van der Waals surface area (Å²) in [4.78, 5) is 31.1. The Morgan fingerprint density at radius 3 is 2.40 bits per heavy atom. The number of likely N-dealkylation sites (tertiary alicyclic amines) is 1. The molecule has 1 amide bonds. The molecule has 1 aromatic heterocycles. The second-order valence-electron chi connectivity index (χ2n) is 11.9. The number of hydrogen-bond donors (Lipinski definition) is 0. The highest BCUT2D eigenvalue weighted by Crippen LogP contribution is 2.32. The van der Waals surface area contributed by atoms with Crippen LogP contribution in [0.5, 0.6) is 0 Å². The summed E-state index contributed by atoms with van der Waals surface area (Å²) in [5.74, 6) is -3.89. The fourth-order valence-electron chi connectivity index (χ4n) is 5.83. The van der Waals surface area contributed by atoms with Crippen LogP contribution in [0.4, 0.5) is 22.0 Å². The number of ether oxygens (including phenoxy) is 1. The molecule has 0 aliphatic carbocycles. The van der Waals surface area contributed by atoms with Crippen molar-refractivity contribution >= 4 is 28.6 Å². The van der Waals surface area contributed by atoms with Crippen LogP contribution in [0.1, 0.15) is 46.0 Å². The number of rotatable bonds is 12. The van der Waals surface area contributed by atoms with Gasteiger partial charge in [-0.1, -0.05) is 60.6 Å². The van der Waals surface area contributed by atoms with E-state index in [1.807, 2.05) is 0 Å². The molecule has 0 radical (unpaired) electrons. The predicted molar refractivity (Wildman–Crippen MR) is 193 cm³/mol. The molecule has 52 heavy (non-hydrogen) atoms. The maximum absolute atomic E-state index is 15.0. The maximum Gasteiger partial charge on any atom is 0.416 e. The second kappa shape index (κ2) is 16.4. The largest absolute Gasteiger partial charge is 0.416 e. The van der Waals surface area contributed by atoms with Crippen molar-refractivity contribution in [3.8, 4) is 11.1 Å². The highest BCUT2D eigenvalue weighted by atomic mass is 32.2. The number of carbonyl (C=O) groups excluding carboxylic acids is 1. The molecule has 1 aliphatic rings. The Kier molecular flexibility index (Phi) is 7.80. The predicted octanol–water partition coefficient (Wildman–Crippen LogP) is 8.40. The van der Waals surface area contributed by atoms with Gasteiger partial charge in [-0.15, -0.1) is 11.8 Å². The number of amides is 1. The number of carbonyl (C=O) groups is 1. The lowest BCUT2D eigenvalue weighted by Crippen LogP contribution is -2.48. The van der Waals surface area contributed by atoms with Crippen LogP contribution in [0, 0.1) is 11.6 Å². The zero-order valence-electron chi connectivity index (χ0n) is 39.2. The van der Waals surface area contributed by atoms with Crippen molar-refractivity contribution in [2.24, 2.45) is 0 Å². The molecule has 0 unspecified atom stereocenters. The van der Waals surface area contributed by atoms with Crippen LogP contribution in [-0.4, -0.2) is 59.5 Å². The molecular weight excluding hydrogens is 698 g/mol. The molecule has 5 aromatic rings. The summed E-state index contributed by atoms with van der Waals surface area (Å²) in [7, 11) is -3.06. The summed E-state index contributed by atoms with van der Waals surface area (Å²) in [5.41, 5.74) is -2.09. The molecule has 0 N–H and O–H groups in total. The number of para-hydroxylation sites is 1. The third-order valence-electron chi connectivity index (χ3n) is 8.55. The summed E-state index contributed by atoms with van der Waals surface area (Å²) in [6, 6.07) is 8.05. The van der Waals surface area contributed by atoms with Gasteiger partial charge in [0.15, 0.2) is 17.1 Å². The molecule has 6 rings (SSSR count). The number of thioether (sulfide) groups is 1. The lowest BCUT2D eigenvalue weighted by atomic mass is 10.00. The molecule has 272 valence electrons. The van der Waals surface area contributed by atoms with Gasteiger partial charge < -0.3 is 19.1 Å². The Bertz CT molecular complexity index is 2630. The maximum atomic E-state index is 15.0. The second-order valence-corrected chi connectivity index (χ2v) is 12.8. The summed E-state index contributed by atoms with van der Waals surface area (Å²) < 4.78 is 174. The van der Waals surface area contributed by atoms with Crippen LogP contribution in [0.2, 0.25) is 0 Å². The van der Waals surface area contributed by atoms with E-state index in [0.717, 1.165) is 27.7 Å². The minimum Gasteiger partial charge on any atom is -0.383 e. The molecule has 0 bridgehead atoms. The van der Waals surface area contributed by atoms with E-state index in [4.69, 9.17) is 13.7 Å². The van der Waals surface area contributed by atoms with Crippen LogP contribution in [-0.2, 0) is 34.5 Å². The van der Waals surface area contributed by atoms with E-state index in [0.29, 0.717) is 22.9 Å². The third-order valence-corrected chi connectivity index (χ3v) is 9.60. The fraction of sp³-hybridized carbons (Fsp3) is 0.300. The molecule has 2 heterocycles. The van der Waals surface area contributed by atoms with E-state index >= 15 is 0 Å². The minimum absolute atomic E-state index is 0.00687. The SMILES string of the molecule is [2H]c1c([2H])c([2H])c2c(c1[2H])c(=O)c([2H])c(SCc1cccc(F)c1F)n2CC(=O)N(C1CCN(CC([2H])([2H])OC([2H])([2H])[2H])CC1)C([2H])([2H])c1ccc(-c2ccc(C(F)(F)F)cc2)cc1. The highest BCUT2D eigenvalue weighted by Gasteiger charge is 2.31.